The molecule has 0 saturated carbocycles. The van der Waals surface area contributed by atoms with E-state index in [1.165, 1.54) is 6.42 Å². The third-order valence-corrected chi connectivity index (χ3v) is 4.10. The molecule has 0 aromatic carbocycles. The molecule has 0 radical (unpaired) electrons. The number of rotatable bonds is 4. The van der Waals surface area contributed by atoms with Crippen LogP contribution in [0.1, 0.15) is 43.7 Å². The summed E-state index contributed by atoms with van der Waals surface area (Å²) in [7, 11) is 1.84. The van der Waals surface area contributed by atoms with E-state index in [0.29, 0.717) is 18.1 Å². The van der Waals surface area contributed by atoms with Crippen LogP contribution in [0.15, 0.2) is 6.20 Å². The van der Waals surface area contributed by atoms with Gasteiger partial charge < -0.3 is 10.2 Å². The second kappa shape index (κ2) is 6.52. The summed E-state index contributed by atoms with van der Waals surface area (Å²) in [6.07, 6.45) is 5.34. The summed E-state index contributed by atoms with van der Waals surface area (Å²) in [5.41, 5.74) is 0.704. The molecular weight excluding hydrogens is 292 g/mol. The summed E-state index contributed by atoms with van der Waals surface area (Å²) >= 11 is 0. The normalized spacial score (nSPS) is 15.4. The summed E-state index contributed by atoms with van der Waals surface area (Å²) < 4.78 is 1.70. The molecule has 0 bridgehead atoms. The molecule has 1 saturated heterocycles. The number of fused-ring (bicyclic) bond motifs is 1. The molecule has 2 aromatic rings. The molecule has 124 valence electrons. The number of aryl methyl sites for hydroxylation is 1. The first-order valence-corrected chi connectivity index (χ1v) is 8.29. The Bertz CT molecular complexity index is 702. The first-order valence-electron chi connectivity index (χ1n) is 8.29. The zero-order valence-corrected chi connectivity index (χ0v) is 14.0. The van der Waals surface area contributed by atoms with Gasteiger partial charge in [0.05, 0.1) is 11.6 Å². The van der Waals surface area contributed by atoms with Crippen molar-refractivity contribution in [2.24, 2.45) is 13.0 Å². The van der Waals surface area contributed by atoms with Crippen LogP contribution in [0.2, 0.25) is 0 Å². The number of carbonyl (C=O) groups excluding carboxylic acids is 1. The summed E-state index contributed by atoms with van der Waals surface area (Å²) in [6.45, 7) is 6.67. The lowest BCUT2D eigenvalue weighted by Crippen LogP contribution is -2.33. The van der Waals surface area contributed by atoms with E-state index in [1.807, 2.05) is 7.05 Å². The number of nitrogens with zero attached hydrogens (tertiary/aromatic N) is 5. The van der Waals surface area contributed by atoms with Crippen LogP contribution < -0.4 is 10.2 Å². The largest absolute Gasteiger partial charge is 0.356 e. The monoisotopic (exact) mass is 316 g/mol. The molecule has 1 aliphatic heterocycles. The van der Waals surface area contributed by atoms with Gasteiger partial charge in [-0.3, -0.25) is 9.48 Å². The van der Waals surface area contributed by atoms with Crippen molar-refractivity contribution in [3.05, 3.63) is 12.0 Å². The van der Waals surface area contributed by atoms with E-state index in [4.69, 9.17) is 0 Å². The first-order chi connectivity index (χ1) is 11.1. The number of amides is 1. The zero-order valence-electron chi connectivity index (χ0n) is 14.0. The highest BCUT2D eigenvalue weighted by molar-refractivity contribution is 5.95. The van der Waals surface area contributed by atoms with Crippen LogP contribution >= 0.6 is 0 Å². The van der Waals surface area contributed by atoms with E-state index < -0.39 is 0 Å². The first kappa shape index (κ1) is 15.7. The SMILES string of the molecule is CC(C)CNC(=O)c1nc(N2CCCCC2)c2cnn(C)c2n1. The van der Waals surface area contributed by atoms with E-state index >= 15 is 0 Å². The minimum atomic E-state index is -0.222. The number of carbonyl (C=O) groups is 1. The lowest BCUT2D eigenvalue weighted by atomic mass is 10.1. The van der Waals surface area contributed by atoms with Crippen molar-refractivity contribution >= 4 is 22.8 Å². The maximum atomic E-state index is 12.4. The fourth-order valence-corrected chi connectivity index (χ4v) is 2.83. The second-order valence-electron chi connectivity index (χ2n) is 6.53. The minimum Gasteiger partial charge on any atom is -0.356 e. The van der Waals surface area contributed by atoms with Crippen molar-refractivity contribution in [3.63, 3.8) is 0 Å². The number of aromatic nitrogens is 4. The lowest BCUT2D eigenvalue weighted by Gasteiger charge is -2.28. The molecule has 23 heavy (non-hydrogen) atoms. The molecule has 0 aliphatic carbocycles. The Hall–Kier alpha value is -2.18. The van der Waals surface area contributed by atoms with Gasteiger partial charge in [-0.2, -0.15) is 5.10 Å². The fourth-order valence-electron chi connectivity index (χ4n) is 2.83. The van der Waals surface area contributed by atoms with Gasteiger partial charge in [0, 0.05) is 26.7 Å². The Balaban J connectivity index is 1.98. The van der Waals surface area contributed by atoms with Gasteiger partial charge in [0.1, 0.15) is 5.82 Å². The van der Waals surface area contributed by atoms with Crippen LogP contribution in [0.3, 0.4) is 0 Å². The summed E-state index contributed by atoms with van der Waals surface area (Å²) in [5, 5.41) is 8.09. The predicted molar refractivity (Wildman–Crippen MR) is 89.5 cm³/mol. The summed E-state index contributed by atoms with van der Waals surface area (Å²) in [5.74, 6) is 1.22. The van der Waals surface area contributed by atoms with E-state index in [1.54, 1.807) is 10.9 Å². The Morgan fingerprint density at radius 3 is 2.70 bits per heavy atom. The zero-order chi connectivity index (χ0) is 16.4. The van der Waals surface area contributed by atoms with Gasteiger partial charge in [0.15, 0.2) is 5.65 Å². The van der Waals surface area contributed by atoms with Crippen molar-refractivity contribution in [2.45, 2.75) is 33.1 Å². The number of hydrogen-bond donors (Lipinski definition) is 1. The Morgan fingerprint density at radius 2 is 2.00 bits per heavy atom. The van der Waals surface area contributed by atoms with Crippen molar-refractivity contribution in [1.82, 2.24) is 25.1 Å². The molecule has 3 heterocycles. The van der Waals surface area contributed by atoms with Crippen molar-refractivity contribution in [1.29, 1.82) is 0 Å². The quantitative estimate of drug-likeness (QED) is 0.930. The van der Waals surface area contributed by atoms with Gasteiger partial charge in [-0.15, -0.1) is 0 Å². The highest BCUT2D eigenvalue weighted by Gasteiger charge is 2.21. The molecule has 0 unspecified atom stereocenters. The Kier molecular flexibility index (Phi) is 4.45. The molecule has 7 heteroatoms. The molecule has 1 aliphatic rings. The molecule has 2 aromatic heterocycles. The van der Waals surface area contributed by atoms with E-state index in [-0.39, 0.29) is 11.7 Å². The topological polar surface area (TPSA) is 75.9 Å². The molecule has 1 N–H and O–H groups in total. The smallest absolute Gasteiger partial charge is 0.289 e. The highest BCUT2D eigenvalue weighted by atomic mass is 16.2. The predicted octanol–water partition coefficient (Wildman–Crippen LogP) is 1.74. The van der Waals surface area contributed by atoms with Gasteiger partial charge in [-0.25, -0.2) is 9.97 Å². The molecule has 3 rings (SSSR count). The van der Waals surface area contributed by atoms with Gasteiger partial charge >= 0.3 is 0 Å². The van der Waals surface area contributed by atoms with Crippen LogP contribution in [0.25, 0.3) is 11.0 Å². The number of anilines is 1. The van der Waals surface area contributed by atoms with E-state index in [0.717, 1.165) is 37.1 Å². The summed E-state index contributed by atoms with van der Waals surface area (Å²) in [4.78, 5) is 23.6. The summed E-state index contributed by atoms with van der Waals surface area (Å²) in [6, 6.07) is 0. The minimum absolute atomic E-state index is 0.222. The van der Waals surface area contributed by atoms with Gasteiger partial charge in [0.2, 0.25) is 5.82 Å². The number of nitrogens with one attached hydrogen (secondary N) is 1. The Morgan fingerprint density at radius 1 is 1.26 bits per heavy atom. The Labute approximate surface area is 136 Å². The van der Waals surface area contributed by atoms with Crippen molar-refractivity contribution in [3.8, 4) is 0 Å². The van der Waals surface area contributed by atoms with Crippen LogP contribution in [-0.4, -0.2) is 45.3 Å². The maximum absolute atomic E-state index is 12.4. The van der Waals surface area contributed by atoms with Crippen LogP contribution in [0.4, 0.5) is 5.82 Å². The molecule has 0 spiro atoms. The molecular formula is C16H24N6O. The van der Waals surface area contributed by atoms with Crippen LogP contribution in [-0.2, 0) is 7.05 Å². The van der Waals surface area contributed by atoms with Crippen molar-refractivity contribution in [2.75, 3.05) is 24.5 Å². The molecule has 1 amide bonds. The molecule has 0 atom stereocenters. The van der Waals surface area contributed by atoms with Crippen LogP contribution in [0, 0.1) is 5.92 Å². The molecule has 1 fully saturated rings. The fraction of sp³-hybridized carbons (Fsp3) is 0.625. The van der Waals surface area contributed by atoms with E-state index in [2.05, 4.69) is 39.1 Å². The van der Waals surface area contributed by atoms with Gasteiger partial charge in [0.25, 0.3) is 5.91 Å². The number of hydrogen-bond acceptors (Lipinski definition) is 5. The average molecular weight is 316 g/mol. The average Bonchev–Trinajstić information content (AvgIpc) is 2.94. The maximum Gasteiger partial charge on any atom is 0.289 e. The third kappa shape index (κ3) is 3.28. The van der Waals surface area contributed by atoms with Gasteiger partial charge in [-0.1, -0.05) is 13.8 Å². The lowest BCUT2D eigenvalue weighted by molar-refractivity contribution is 0.0939. The number of piperidine rings is 1. The van der Waals surface area contributed by atoms with Gasteiger partial charge in [-0.05, 0) is 25.2 Å². The standard InChI is InChI=1S/C16H24N6O/c1-11(2)9-17-16(23)13-19-14-12(10-18-21(14)3)15(20-13)22-7-5-4-6-8-22/h10-11H,4-9H2,1-3H3,(H,17,23). The molecule has 7 nitrogen and oxygen atoms in total. The third-order valence-electron chi connectivity index (χ3n) is 4.10. The van der Waals surface area contributed by atoms with Crippen LogP contribution in [0.5, 0.6) is 0 Å². The van der Waals surface area contributed by atoms with Crippen molar-refractivity contribution < 1.29 is 4.79 Å². The highest BCUT2D eigenvalue weighted by Crippen LogP contribution is 2.26. The van der Waals surface area contributed by atoms with E-state index in [9.17, 15) is 4.79 Å². The second-order valence-corrected chi connectivity index (χ2v) is 6.53.